The summed E-state index contributed by atoms with van der Waals surface area (Å²) < 4.78 is 33.2. The van der Waals surface area contributed by atoms with Gasteiger partial charge in [-0.1, -0.05) is 12.1 Å². The van der Waals surface area contributed by atoms with Crippen molar-refractivity contribution in [2.75, 3.05) is 13.2 Å². The van der Waals surface area contributed by atoms with Crippen molar-refractivity contribution in [3.8, 4) is 40.1 Å². The van der Waals surface area contributed by atoms with Crippen LogP contribution >= 0.6 is 0 Å². The van der Waals surface area contributed by atoms with Gasteiger partial charge in [-0.25, -0.2) is 4.79 Å². The minimum atomic E-state index is -1.95. The summed E-state index contributed by atoms with van der Waals surface area (Å²) in [4.78, 5) is 26.2. The number of esters is 1. The number of benzene rings is 3. The summed E-state index contributed by atoms with van der Waals surface area (Å²) in [6.45, 7) is -1.28. The van der Waals surface area contributed by atoms with Gasteiger partial charge in [0.1, 0.15) is 89.4 Å². The molecule has 10 atom stereocenters. The number of aliphatic hydroxyl groups is 7. The molecule has 54 heavy (non-hydrogen) atoms. The lowest BCUT2D eigenvalue weighted by molar-refractivity contribution is -0.278. The molecule has 1 aromatic heterocycles. The van der Waals surface area contributed by atoms with Crippen LogP contribution in [0.4, 0.5) is 0 Å². The van der Waals surface area contributed by atoms with E-state index in [4.69, 9.17) is 28.1 Å². The number of aliphatic hydroxyl groups excluding tert-OH is 7. The number of fused-ring (bicyclic) bond motifs is 1. The second kappa shape index (κ2) is 16.0. The van der Waals surface area contributed by atoms with Crippen molar-refractivity contribution in [1.82, 2.24) is 0 Å². The number of phenolic OH excluding ortho intramolecular Hbond substituents is 3. The van der Waals surface area contributed by atoms with E-state index in [9.17, 15) is 60.7 Å². The first kappa shape index (κ1) is 38.4. The van der Waals surface area contributed by atoms with Gasteiger partial charge in [0.15, 0.2) is 5.76 Å². The molecular formula is C36H36O18. The van der Waals surface area contributed by atoms with E-state index >= 15 is 0 Å². The van der Waals surface area contributed by atoms with E-state index in [1.165, 1.54) is 54.6 Å². The molecule has 2 fully saturated rings. The average Bonchev–Trinajstić information content (AvgIpc) is 3.15. The van der Waals surface area contributed by atoms with Gasteiger partial charge in [0.05, 0.1) is 6.61 Å². The summed E-state index contributed by atoms with van der Waals surface area (Å²) in [5.41, 5.74) is -0.531. The molecule has 10 N–H and O–H groups in total. The van der Waals surface area contributed by atoms with E-state index in [1.807, 2.05) is 0 Å². The Balaban J connectivity index is 1.13. The summed E-state index contributed by atoms with van der Waals surface area (Å²) in [6.07, 6.45) is -13.9. The van der Waals surface area contributed by atoms with Gasteiger partial charge in [0, 0.05) is 23.8 Å². The first-order chi connectivity index (χ1) is 25.7. The number of rotatable bonds is 10. The molecule has 0 spiro atoms. The molecule has 2 aliphatic heterocycles. The largest absolute Gasteiger partial charge is 0.508 e. The standard InChI is InChI=1S/C36H36O18/c37-13-22-26(42)29(45)31(47)35(52-22)50-19-8-1-15(2-9-19)3-10-24(41)49-14-23-27(43)30(46)32(48)36(53-23)54-34-28(44)25-20(40)11-18(39)12-21(25)51-33(34)16-4-6-17(38)7-5-16/h1-12,22-23,26-27,29-32,35-40,42-43,45-48H,13-14H2/b10-3+/t22?,23?,26-,27-,29?,30?,31?,32?,35-,36+/m1/s1. The summed E-state index contributed by atoms with van der Waals surface area (Å²) in [6, 6.07) is 13.2. The van der Waals surface area contributed by atoms with Crippen molar-refractivity contribution in [1.29, 1.82) is 0 Å². The minimum absolute atomic E-state index is 0.118. The van der Waals surface area contributed by atoms with Gasteiger partial charge in [-0.15, -0.1) is 0 Å². The molecule has 288 valence electrons. The normalized spacial score (nSPS) is 28.6. The van der Waals surface area contributed by atoms with Crippen LogP contribution in [0.5, 0.6) is 28.7 Å². The molecule has 6 unspecified atom stereocenters. The zero-order chi connectivity index (χ0) is 38.8. The van der Waals surface area contributed by atoms with Gasteiger partial charge in [-0.05, 0) is 48.0 Å². The quantitative estimate of drug-likeness (QED) is 0.0700. The van der Waals surface area contributed by atoms with Crippen LogP contribution in [0.2, 0.25) is 0 Å². The van der Waals surface area contributed by atoms with E-state index in [1.54, 1.807) is 0 Å². The zero-order valence-electron chi connectivity index (χ0n) is 27.9. The maximum atomic E-state index is 13.7. The predicted molar refractivity (Wildman–Crippen MR) is 181 cm³/mol. The highest BCUT2D eigenvalue weighted by atomic mass is 16.7. The van der Waals surface area contributed by atoms with Crippen molar-refractivity contribution in [3.63, 3.8) is 0 Å². The van der Waals surface area contributed by atoms with E-state index in [0.29, 0.717) is 5.56 Å². The van der Waals surface area contributed by atoms with Crippen LogP contribution in [0, 0.1) is 0 Å². The Labute approximate surface area is 304 Å². The SMILES string of the molecule is O=C(/C=C/c1ccc(O[C@@H]2OC(CO)[C@@H](O)C(O)C2O)cc1)OCC1O[C@@H](Oc2c(-c3ccc(O)cc3)oc3cc(O)cc(O)c3c2=O)C(O)C(O)[C@@H]1O. The fraction of sp³-hybridized carbons (Fsp3) is 0.333. The maximum Gasteiger partial charge on any atom is 0.330 e. The Kier molecular flexibility index (Phi) is 11.4. The van der Waals surface area contributed by atoms with Crippen molar-refractivity contribution >= 4 is 23.0 Å². The van der Waals surface area contributed by atoms with Gasteiger partial charge in [-0.2, -0.15) is 0 Å². The van der Waals surface area contributed by atoms with Crippen LogP contribution < -0.4 is 14.9 Å². The lowest BCUT2D eigenvalue weighted by Gasteiger charge is -2.39. The summed E-state index contributed by atoms with van der Waals surface area (Å²) in [5, 5.41) is 101. The number of hydrogen-bond acceptors (Lipinski definition) is 18. The van der Waals surface area contributed by atoms with Crippen molar-refractivity contribution in [2.45, 2.75) is 61.4 Å². The topological polar surface area (TPSA) is 296 Å². The van der Waals surface area contributed by atoms with Gasteiger partial charge in [0.25, 0.3) is 0 Å². The Morgan fingerprint density at radius 1 is 0.722 bits per heavy atom. The second-order valence-corrected chi connectivity index (χ2v) is 12.5. The number of carbonyl (C=O) groups excluding carboxylic acids is 1. The molecular weight excluding hydrogens is 720 g/mol. The molecule has 0 aliphatic carbocycles. The monoisotopic (exact) mass is 756 g/mol. The van der Waals surface area contributed by atoms with E-state index in [2.05, 4.69) is 0 Å². The molecule has 4 aromatic rings. The summed E-state index contributed by atoms with van der Waals surface area (Å²) >= 11 is 0. The molecule has 18 nitrogen and oxygen atoms in total. The molecule has 3 heterocycles. The van der Waals surface area contributed by atoms with Crippen molar-refractivity contribution in [2.24, 2.45) is 0 Å². The first-order valence-corrected chi connectivity index (χ1v) is 16.4. The molecule has 6 rings (SSSR count). The summed E-state index contributed by atoms with van der Waals surface area (Å²) in [5.74, 6) is -2.78. The lowest BCUT2D eigenvalue weighted by Crippen LogP contribution is -2.60. The number of hydrogen-bond donors (Lipinski definition) is 10. The maximum absolute atomic E-state index is 13.7. The number of carbonyl (C=O) groups is 1. The lowest BCUT2D eigenvalue weighted by atomic mass is 9.99. The first-order valence-electron chi connectivity index (χ1n) is 16.4. The average molecular weight is 757 g/mol. The van der Waals surface area contributed by atoms with Gasteiger partial charge in [0.2, 0.25) is 23.8 Å². The molecule has 0 bridgehead atoms. The Morgan fingerprint density at radius 3 is 1.98 bits per heavy atom. The van der Waals surface area contributed by atoms with Gasteiger partial charge < -0.3 is 79.2 Å². The van der Waals surface area contributed by atoms with Crippen LogP contribution in [0.1, 0.15) is 5.56 Å². The van der Waals surface area contributed by atoms with E-state index in [0.717, 1.165) is 18.2 Å². The molecule has 0 amide bonds. The molecule has 2 aliphatic rings. The summed E-state index contributed by atoms with van der Waals surface area (Å²) in [7, 11) is 0. The van der Waals surface area contributed by atoms with Crippen LogP contribution in [0.25, 0.3) is 28.4 Å². The highest BCUT2D eigenvalue weighted by molar-refractivity contribution is 5.88. The van der Waals surface area contributed by atoms with E-state index in [-0.39, 0.29) is 28.4 Å². The molecule has 0 radical (unpaired) electrons. The number of aromatic hydroxyl groups is 3. The van der Waals surface area contributed by atoms with Gasteiger partial charge >= 0.3 is 5.97 Å². The molecule has 2 saturated heterocycles. The fourth-order valence-electron chi connectivity index (χ4n) is 5.78. The Morgan fingerprint density at radius 2 is 1.33 bits per heavy atom. The Hall–Kier alpha value is -5.28. The second-order valence-electron chi connectivity index (χ2n) is 12.5. The molecule has 0 saturated carbocycles. The minimum Gasteiger partial charge on any atom is -0.508 e. The van der Waals surface area contributed by atoms with E-state index < -0.39 is 109 Å². The smallest absolute Gasteiger partial charge is 0.330 e. The van der Waals surface area contributed by atoms with Crippen LogP contribution in [-0.2, 0) is 19.0 Å². The van der Waals surface area contributed by atoms with Crippen LogP contribution in [0.3, 0.4) is 0 Å². The molecule has 3 aromatic carbocycles. The third kappa shape index (κ3) is 7.97. The van der Waals surface area contributed by atoms with Crippen molar-refractivity contribution < 1.29 is 84.0 Å². The fourth-order valence-corrected chi connectivity index (χ4v) is 5.78. The van der Waals surface area contributed by atoms with Crippen LogP contribution in [0.15, 0.2) is 76.0 Å². The van der Waals surface area contributed by atoms with Crippen molar-refractivity contribution in [3.05, 3.63) is 82.5 Å². The highest BCUT2D eigenvalue weighted by Crippen LogP contribution is 2.37. The third-order valence-corrected chi connectivity index (χ3v) is 8.73. The highest BCUT2D eigenvalue weighted by Gasteiger charge is 2.47. The Bertz CT molecular complexity index is 2030. The third-order valence-electron chi connectivity index (χ3n) is 8.73. The molecule has 18 heteroatoms. The zero-order valence-corrected chi connectivity index (χ0v) is 27.9. The number of phenols is 3. The van der Waals surface area contributed by atoms with Gasteiger partial charge in [-0.3, -0.25) is 4.79 Å². The van der Waals surface area contributed by atoms with Crippen LogP contribution in [-0.4, -0.2) is 132 Å². The predicted octanol–water partition coefficient (Wildman–Crippen LogP) is -0.802. The number of ether oxygens (including phenoxy) is 5.